The zero-order valence-corrected chi connectivity index (χ0v) is 14.3. The van der Waals surface area contributed by atoms with Crippen LogP contribution in [0, 0.1) is 0 Å². The summed E-state index contributed by atoms with van der Waals surface area (Å²) in [6, 6.07) is 2.17. The van der Waals surface area contributed by atoms with Gasteiger partial charge in [-0.05, 0) is 60.8 Å². The zero-order valence-electron chi connectivity index (χ0n) is 14.3. The van der Waals surface area contributed by atoms with Crippen molar-refractivity contribution in [1.82, 2.24) is 15.1 Å². The average molecular weight is 342 g/mol. The van der Waals surface area contributed by atoms with Gasteiger partial charge in [0.2, 0.25) is 0 Å². The summed E-state index contributed by atoms with van der Waals surface area (Å²) in [6.07, 6.45) is 10.1. The van der Waals surface area contributed by atoms with E-state index in [1.54, 1.807) is 17.1 Å². The van der Waals surface area contributed by atoms with Gasteiger partial charge in [0.15, 0.2) is 0 Å². The first-order valence-electron chi connectivity index (χ1n) is 9.03. The van der Waals surface area contributed by atoms with Crippen molar-refractivity contribution in [3.05, 3.63) is 46.3 Å². The summed E-state index contributed by atoms with van der Waals surface area (Å²) in [5, 5.41) is 10.1. The van der Waals surface area contributed by atoms with Crippen molar-refractivity contribution >= 4 is 11.7 Å². The molecule has 2 N–H and O–H groups in total. The number of amides is 2. The summed E-state index contributed by atoms with van der Waals surface area (Å²) in [5.74, 6) is 0. The van der Waals surface area contributed by atoms with E-state index in [2.05, 4.69) is 21.8 Å². The second kappa shape index (κ2) is 6.86. The molecule has 2 aliphatic rings. The number of rotatable bonds is 5. The maximum atomic E-state index is 12.4. The topological polar surface area (TPSA) is 59.0 Å². The number of nitrogens with one attached hydrogen (secondary N) is 2. The van der Waals surface area contributed by atoms with E-state index in [-0.39, 0.29) is 12.6 Å². The van der Waals surface area contributed by atoms with Crippen LogP contribution in [-0.2, 0) is 38.8 Å². The number of urea groups is 1. The van der Waals surface area contributed by atoms with Crippen molar-refractivity contribution in [1.29, 1.82) is 0 Å². The Kier molecular flexibility index (Phi) is 4.42. The molecule has 0 aliphatic heterocycles. The van der Waals surface area contributed by atoms with Gasteiger partial charge in [0.05, 0.1) is 12.7 Å². The predicted octanol–water partition coefficient (Wildman–Crippen LogP) is 3.15. The molecule has 2 aliphatic carbocycles. The van der Waals surface area contributed by atoms with Gasteiger partial charge in [-0.25, -0.2) is 9.18 Å². The number of alkyl halides is 1. The number of carbonyl (C=O) groups is 1. The van der Waals surface area contributed by atoms with Crippen LogP contribution in [0.1, 0.15) is 40.7 Å². The molecule has 1 heterocycles. The van der Waals surface area contributed by atoms with Gasteiger partial charge in [-0.3, -0.25) is 4.68 Å². The number of aromatic nitrogens is 2. The molecular formula is C19H23FN4O. The monoisotopic (exact) mass is 342 g/mol. The largest absolute Gasteiger partial charge is 0.334 e. The molecule has 0 unspecified atom stereocenters. The summed E-state index contributed by atoms with van der Waals surface area (Å²) in [4.78, 5) is 12.4. The van der Waals surface area contributed by atoms with Crippen LogP contribution in [0.3, 0.4) is 0 Å². The van der Waals surface area contributed by atoms with Gasteiger partial charge in [-0.1, -0.05) is 6.07 Å². The third kappa shape index (κ3) is 3.25. The minimum Gasteiger partial charge on any atom is -0.334 e. The van der Waals surface area contributed by atoms with Gasteiger partial charge in [0.25, 0.3) is 0 Å². The van der Waals surface area contributed by atoms with Crippen molar-refractivity contribution in [3.63, 3.8) is 0 Å². The highest BCUT2D eigenvalue weighted by Gasteiger charge is 2.24. The van der Waals surface area contributed by atoms with Gasteiger partial charge >= 0.3 is 6.03 Å². The van der Waals surface area contributed by atoms with Crippen molar-refractivity contribution < 1.29 is 9.18 Å². The van der Waals surface area contributed by atoms with E-state index in [0.29, 0.717) is 6.54 Å². The molecule has 0 saturated carbocycles. The SMILES string of the molecule is O=C(NCc1cnn(CCF)c1)Nc1c2c(cc3c1CCC3)CCC2. The highest BCUT2D eigenvalue weighted by Crippen LogP contribution is 2.38. The Hall–Kier alpha value is -2.37. The van der Waals surface area contributed by atoms with Crippen molar-refractivity contribution in [2.45, 2.75) is 51.6 Å². The predicted molar refractivity (Wildman–Crippen MR) is 94.6 cm³/mol. The number of carbonyl (C=O) groups excluding carboxylic acids is 1. The van der Waals surface area contributed by atoms with E-state index in [1.165, 1.54) is 35.1 Å². The second-order valence-corrected chi connectivity index (χ2v) is 6.84. The van der Waals surface area contributed by atoms with Gasteiger partial charge in [-0.2, -0.15) is 5.10 Å². The minimum absolute atomic E-state index is 0.187. The molecule has 0 radical (unpaired) electrons. The molecule has 2 aromatic rings. The van der Waals surface area contributed by atoms with E-state index in [4.69, 9.17) is 0 Å². The number of benzene rings is 1. The Morgan fingerprint density at radius 2 is 1.88 bits per heavy atom. The van der Waals surface area contributed by atoms with Gasteiger partial charge in [0.1, 0.15) is 6.67 Å². The molecule has 25 heavy (non-hydrogen) atoms. The molecule has 0 atom stereocenters. The van der Waals surface area contributed by atoms with Crippen molar-refractivity contribution in [3.8, 4) is 0 Å². The molecule has 132 valence electrons. The maximum absolute atomic E-state index is 12.4. The third-order valence-electron chi connectivity index (χ3n) is 5.16. The molecule has 0 spiro atoms. The molecule has 0 saturated heterocycles. The summed E-state index contributed by atoms with van der Waals surface area (Å²) in [7, 11) is 0. The standard InChI is InChI=1S/C19H23FN4O/c20-7-8-24-12-13(11-22-24)10-21-19(25)23-18-16-5-1-3-14(16)9-15-4-2-6-17(15)18/h9,11-12H,1-8,10H2,(H2,21,23,25). The summed E-state index contributed by atoms with van der Waals surface area (Å²) in [6.45, 7) is 0.184. The number of nitrogens with zero attached hydrogens (tertiary/aromatic N) is 2. The number of hydrogen-bond donors (Lipinski definition) is 2. The van der Waals surface area contributed by atoms with Crippen LogP contribution in [0.25, 0.3) is 0 Å². The van der Waals surface area contributed by atoms with E-state index >= 15 is 0 Å². The average Bonchev–Trinajstić information content (AvgIpc) is 3.33. The van der Waals surface area contributed by atoms with E-state index in [1.807, 2.05) is 0 Å². The Morgan fingerprint density at radius 1 is 1.16 bits per heavy atom. The quantitative estimate of drug-likeness (QED) is 0.877. The normalized spacial score (nSPS) is 15.1. The van der Waals surface area contributed by atoms with Gasteiger partial charge in [0, 0.05) is 24.0 Å². The molecule has 4 rings (SSSR count). The highest BCUT2D eigenvalue weighted by atomic mass is 19.1. The van der Waals surface area contributed by atoms with Crippen LogP contribution in [-0.4, -0.2) is 22.5 Å². The highest BCUT2D eigenvalue weighted by molar-refractivity contribution is 5.92. The Labute approximate surface area is 146 Å². The van der Waals surface area contributed by atoms with E-state index in [0.717, 1.165) is 36.9 Å². The third-order valence-corrected chi connectivity index (χ3v) is 5.16. The fourth-order valence-corrected chi connectivity index (χ4v) is 4.01. The lowest BCUT2D eigenvalue weighted by Gasteiger charge is -2.16. The van der Waals surface area contributed by atoms with Crippen LogP contribution < -0.4 is 10.6 Å². The fourth-order valence-electron chi connectivity index (χ4n) is 4.01. The van der Waals surface area contributed by atoms with Gasteiger partial charge < -0.3 is 10.6 Å². The van der Waals surface area contributed by atoms with E-state index < -0.39 is 6.67 Å². The molecule has 0 bridgehead atoms. The maximum Gasteiger partial charge on any atom is 0.319 e. The second-order valence-electron chi connectivity index (χ2n) is 6.84. The number of halogens is 1. The lowest BCUT2D eigenvalue weighted by Crippen LogP contribution is -2.29. The molecule has 2 amide bonds. The summed E-state index contributed by atoms with van der Waals surface area (Å²) >= 11 is 0. The molecule has 0 fully saturated rings. The van der Waals surface area contributed by atoms with Gasteiger partial charge in [-0.15, -0.1) is 0 Å². The number of fused-ring (bicyclic) bond motifs is 2. The Balaban J connectivity index is 1.44. The lowest BCUT2D eigenvalue weighted by atomic mass is 9.99. The molecule has 5 nitrogen and oxygen atoms in total. The Morgan fingerprint density at radius 3 is 2.56 bits per heavy atom. The number of hydrogen-bond acceptors (Lipinski definition) is 2. The van der Waals surface area contributed by atoms with Crippen molar-refractivity contribution in [2.24, 2.45) is 0 Å². The smallest absolute Gasteiger partial charge is 0.319 e. The van der Waals surface area contributed by atoms with Crippen LogP contribution in [0.5, 0.6) is 0 Å². The Bertz CT molecular complexity index is 767. The van der Waals surface area contributed by atoms with Crippen LogP contribution in [0.4, 0.5) is 14.9 Å². The molecule has 1 aromatic carbocycles. The first kappa shape index (κ1) is 16.1. The summed E-state index contributed by atoms with van der Waals surface area (Å²) in [5.41, 5.74) is 7.38. The number of anilines is 1. The first-order valence-corrected chi connectivity index (χ1v) is 9.03. The lowest BCUT2D eigenvalue weighted by molar-refractivity contribution is 0.251. The van der Waals surface area contributed by atoms with E-state index in [9.17, 15) is 9.18 Å². The first-order chi connectivity index (χ1) is 12.2. The van der Waals surface area contributed by atoms with Crippen LogP contribution in [0.2, 0.25) is 0 Å². The minimum atomic E-state index is -0.445. The van der Waals surface area contributed by atoms with Crippen LogP contribution in [0.15, 0.2) is 18.5 Å². The molecule has 6 heteroatoms. The van der Waals surface area contributed by atoms with Crippen molar-refractivity contribution in [2.75, 3.05) is 12.0 Å². The fraction of sp³-hybridized carbons (Fsp3) is 0.474. The molecule has 1 aromatic heterocycles. The van der Waals surface area contributed by atoms with Crippen LogP contribution >= 0.6 is 0 Å². The molecular weight excluding hydrogens is 319 g/mol. The summed E-state index contributed by atoms with van der Waals surface area (Å²) < 4.78 is 13.9. The zero-order chi connectivity index (χ0) is 17.2. The number of aryl methyl sites for hydroxylation is 3.